The number of hydrogen-bond acceptors (Lipinski definition) is 6. The monoisotopic (exact) mass is 273 g/mol. The van der Waals surface area contributed by atoms with E-state index in [-0.39, 0.29) is 5.91 Å². The van der Waals surface area contributed by atoms with Crippen LogP contribution in [0.25, 0.3) is 11.5 Å². The zero-order chi connectivity index (χ0) is 13.9. The van der Waals surface area contributed by atoms with Crippen LogP contribution in [0, 0.1) is 0 Å². The van der Waals surface area contributed by atoms with Crippen LogP contribution >= 0.6 is 0 Å². The van der Waals surface area contributed by atoms with E-state index in [2.05, 4.69) is 15.3 Å². The molecule has 0 aliphatic carbocycles. The number of carbonyl (C=O) groups is 1. The molecule has 0 bridgehead atoms. The number of oxazole rings is 1. The van der Waals surface area contributed by atoms with Crippen LogP contribution in [0.15, 0.2) is 29.0 Å². The Hall–Kier alpha value is -2.41. The van der Waals surface area contributed by atoms with Crippen molar-refractivity contribution in [1.82, 2.24) is 20.2 Å². The lowest BCUT2D eigenvalue weighted by Gasteiger charge is -2.26. The highest BCUT2D eigenvalue weighted by Gasteiger charge is 2.21. The van der Waals surface area contributed by atoms with Crippen LogP contribution in [0.1, 0.15) is 10.5 Å². The smallest absolute Gasteiger partial charge is 0.275 e. The Morgan fingerprint density at radius 3 is 2.85 bits per heavy atom. The third-order valence-corrected chi connectivity index (χ3v) is 3.16. The lowest BCUT2D eigenvalue weighted by molar-refractivity contribution is 0.0730. The number of carbonyl (C=O) groups excluding carboxylic acids is 1. The predicted octanol–water partition coefficient (Wildman–Crippen LogP) is 0.364. The fourth-order valence-electron chi connectivity index (χ4n) is 2.07. The Labute approximate surface area is 115 Å². The van der Waals surface area contributed by atoms with Crippen molar-refractivity contribution in [2.24, 2.45) is 0 Å². The Bertz CT molecular complexity index is 601. The molecule has 2 aromatic heterocycles. The molecule has 2 aromatic rings. The molecule has 20 heavy (non-hydrogen) atoms. The van der Waals surface area contributed by atoms with E-state index in [1.807, 2.05) is 0 Å². The molecule has 0 spiro atoms. The third kappa shape index (κ3) is 2.48. The summed E-state index contributed by atoms with van der Waals surface area (Å²) < 4.78 is 5.35. The Morgan fingerprint density at radius 2 is 2.15 bits per heavy atom. The third-order valence-electron chi connectivity index (χ3n) is 3.16. The van der Waals surface area contributed by atoms with Crippen molar-refractivity contribution in [1.29, 1.82) is 0 Å². The Morgan fingerprint density at radius 1 is 1.35 bits per heavy atom. The quantitative estimate of drug-likeness (QED) is 0.820. The molecule has 0 radical (unpaired) electrons. The highest BCUT2D eigenvalue weighted by molar-refractivity contribution is 5.92. The predicted molar refractivity (Wildman–Crippen MR) is 72.9 cm³/mol. The first-order valence-corrected chi connectivity index (χ1v) is 6.41. The standard InChI is InChI=1S/C13H15N5O2/c14-11-2-1-9(7-16-11)12-17-10(8-20-12)13(19)18-5-3-15-4-6-18/h1-2,7-8,15H,3-6H2,(H2,14,16). The summed E-state index contributed by atoms with van der Waals surface area (Å²) in [4.78, 5) is 22.2. The molecule has 1 amide bonds. The summed E-state index contributed by atoms with van der Waals surface area (Å²) in [5, 5.41) is 3.20. The van der Waals surface area contributed by atoms with E-state index in [9.17, 15) is 4.79 Å². The van der Waals surface area contributed by atoms with Crippen molar-refractivity contribution in [2.75, 3.05) is 31.9 Å². The number of piperazine rings is 1. The van der Waals surface area contributed by atoms with Gasteiger partial charge in [-0.05, 0) is 12.1 Å². The van der Waals surface area contributed by atoms with E-state index in [0.29, 0.717) is 36.1 Å². The van der Waals surface area contributed by atoms with E-state index in [1.165, 1.54) is 6.26 Å². The number of nitrogens with one attached hydrogen (secondary N) is 1. The van der Waals surface area contributed by atoms with Crippen LogP contribution in [-0.4, -0.2) is 47.0 Å². The minimum atomic E-state index is -0.107. The minimum Gasteiger partial charge on any atom is -0.444 e. The van der Waals surface area contributed by atoms with Crippen molar-refractivity contribution in [3.63, 3.8) is 0 Å². The van der Waals surface area contributed by atoms with Crippen molar-refractivity contribution < 1.29 is 9.21 Å². The molecule has 0 saturated carbocycles. The number of nitrogens with two attached hydrogens (primary N) is 1. The highest BCUT2D eigenvalue weighted by Crippen LogP contribution is 2.19. The van der Waals surface area contributed by atoms with E-state index in [4.69, 9.17) is 10.2 Å². The van der Waals surface area contributed by atoms with Crippen LogP contribution in [0.2, 0.25) is 0 Å². The first-order valence-electron chi connectivity index (χ1n) is 6.41. The number of rotatable bonds is 2. The van der Waals surface area contributed by atoms with E-state index in [1.54, 1.807) is 23.2 Å². The van der Waals surface area contributed by atoms with Gasteiger partial charge in [0.2, 0.25) is 5.89 Å². The minimum absolute atomic E-state index is 0.107. The summed E-state index contributed by atoms with van der Waals surface area (Å²) >= 11 is 0. The van der Waals surface area contributed by atoms with Crippen LogP contribution in [0.3, 0.4) is 0 Å². The van der Waals surface area contributed by atoms with Crippen molar-refractivity contribution in [3.8, 4) is 11.5 Å². The molecule has 0 unspecified atom stereocenters. The summed E-state index contributed by atoms with van der Waals surface area (Å²) in [6.07, 6.45) is 2.95. The van der Waals surface area contributed by atoms with E-state index in [0.717, 1.165) is 13.1 Å². The lowest BCUT2D eigenvalue weighted by Crippen LogP contribution is -2.46. The van der Waals surface area contributed by atoms with Crippen LogP contribution in [0.4, 0.5) is 5.82 Å². The number of pyridine rings is 1. The number of anilines is 1. The van der Waals surface area contributed by atoms with Gasteiger partial charge < -0.3 is 20.4 Å². The number of nitrogen functional groups attached to an aromatic ring is 1. The average Bonchev–Trinajstić information content (AvgIpc) is 2.98. The topological polar surface area (TPSA) is 97.3 Å². The average molecular weight is 273 g/mol. The molecule has 3 N–H and O–H groups in total. The van der Waals surface area contributed by atoms with Gasteiger partial charge in [0.15, 0.2) is 5.69 Å². The SMILES string of the molecule is Nc1ccc(-c2nc(C(=O)N3CCNCC3)co2)cn1. The first kappa shape index (κ1) is 12.6. The van der Waals surface area contributed by atoms with Gasteiger partial charge in [0.1, 0.15) is 12.1 Å². The van der Waals surface area contributed by atoms with Crippen molar-refractivity contribution in [2.45, 2.75) is 0 Å². The molecular weight excluding hydrogens is 258 g/mol. The second-order valence-electron chi connectivity index (χ2n) is 4.55. The highest BCUT2D eigenvalue weighted by atomic mass is 16.3. The molecule has 3 heterocycles. The summed E-state index contributed by atoms with van der Waals surface area (Å²) in [6, 6.07) is 3.42. The van der Waals surface area contributed by atoms with E-state index < -0.39 is 0 Å². The fourth-order valence-corrected chi connectivity index (χ4v) is 2.07. The normalized spacial score (nSPS) is 15.3. The molecule has 7 heteroatoms. The van der Waals surface area contributed by atoms with Gasteiger partial charge in [-0.3, -0.25) is 4.79 Å². The fraction of sp³-hybridized carbons (Fsp3) is 0.308. The van der Waals surface area contributed by atoms with Gasteiger partial charge in [0, 0.05) is 32.4 Å². The molecule has 1 saturated heterocycles. The summed E-state index contributed by atoms with van der Waals surface area (Å²) in [5.41, 5.74) is 6.54. The maximum atomic E-state index is 12.2. The molecule has 1 fully saturated rings. The molecule has 7 nitrogen and oxygen atoms in total. The molecule has 1 aliphatic heterocycles. The van der Waals surface area contributed by atoms with Gasteiger partial charge in [-0.2, -0.15) is 0 Å². The lowest BCUT2D eigenvalue weighted by atomic mass is 10.3. The van der Waals surface area contributed by atoms with Gasteiger partial charge in [-0.25, -0.2) is 9.97 Å². The van der Waals surface area contributed by atoms with Crippen molar-refractivity contribution in [3.05, 3.63) is 30.3 Å². The summed E-state index contributed by atoms with van der Waals surface area (Å²) in [6.45, 7) is 2.98. The number of nitrogens with zero attached hydrogens (tertiary/aromatic N) is 3. The van der Waals surface area contributed by atoms with Gasteiger partial charge in [-0.15, -0.1) is 0 Å². The Balaban J connectivity index is 1.79. The number of amides is 1. The number of hydrogen-bond donors (Lipinski definition) is 2. The van der Waals surface area contributed by atoms with Crippen LogP contribution < -0.4 is 11.1 Å². The van der Waals surface area contributed by atoms with Crippen LogP contribution in [-0.2, 0) is 0 Å². The van der Waals surface area contributed by atoms with Crippen molar-refractivity contribution >= 4 is 11.7 Å². The van der Waals surface area contributed by atoms with Gasteiger partial charge in [0.05, 0.1) is 5.56 Å². The largest absolute Gasteiger partial charge is 0.444 e. The molecule has 0 atom stereocenters. The Kier molecular flexibility index (Phi) is 3.34. The second-order valence-corrected chi connectivity index (χ2v) is 4.55. The molecule has 104 valence electrons. The zero-order valence-electron chi connectivity index (χ0n) is 10.9. The maximum absolute atomic E-state index is 12.2. The molecule has 1 aliphatic rings. The molecular formula is C13H15N5O2. The number of aromatic nitrogens is 2. The summed E-state index contributed by atoms with van der Waals surface area (Å²) in [7, 11) is 0. The van der Waals surface area contributed by atoms with E-state index >= 15 is 0 Å². The molecule has 3 rings (SSSR count). The molecule has 0 aromatic carbocycles. The second kappa shape index (κ2) is 5.30. The zero-order valence-corrected chi connectivity index (χ0v) is 10.9. The van der Waals surface area contributed by atoms with Crippen LogP contribution in [0.5, 0.6) is 0 Å². The maximum Gasteiger partial charge on any atom is 0.275 e. The van der Waals surface area contributed by atoms with Gasteiger partial charge in [0.25, 0.3) is 5.91 Å². The summed E-state index contributed by atoms with van der Waals surface area (Å²) in [5.74, 6) is 0.693. The van der Waals surface area contributed by atoms with Gasteiger partial charge >= 0.3 is 0 Å². The van der Waals surface area contributed by atoms with Gasteiger partial charge in [-0.1, -0.05) is 0 Å². The first-order chi connectivity index (χ1) is 9.74.